The van der Waals surface area contributed by atoms with Crippen molar-refractivity contribution >= 4 is 22.6 Å². The summed E-state index contributed by atoms with van der Waals surface area (Å²) in [6.07, 6.45) is 1.49. The summed E-state index contributed by atoms with van der Waals surface area (Å²) in [6, 6.07) is 17.5. The molecule has 22 heavy (non-hydrogen) atoms. The van der Waals surface area contributed by atoms with Gasteiger partial charge in [-0.15, -0.1) is 0 Å². The summed E-state index contributed by atoms with van der Waals surface area (Å²) in [6.45, 7) is 0.694. The van der Waals surface area contributed by atoms with Crippen LogP contribution in [0.5, 0.6) is 0 Å². The second kappa shape index (κ2) is 6.67. The summed E-state index contributed by atoms with van der Waals surface area (Å²) < 4.78 is 0. The van der Waals surface area contributed by atoms with E-state index in [0.717, 1.165) is 16.5 Å². The van der Waals surface area contributed by atoms with Crippen LogP contribution in [0.15, 0.2) is 60.9 Å². The van der Waals surface area contributed by atoms with Crippen molar-refractivity contribution in [2.24, 2.45) is 0 Å². The lowest BCUT2D eigenvalue weighted by Crippen LogP contribution is -2.29. The van der Waals surface area contributed by atoms with Gasteiger partial charge in [0.15, 0.2) is 0 Å². The van der Waals surface area contributed by atoms with Crippen molar-refractivity contribution in [3.8, 4) is 0 Å². The maximum atomic E-state index is 11.9. The maximum Gasteiger partial charge on any atom is 0.239 e. The minimum absolute atomic E-state index is 0.0773. The summed E-state index contributed by atoms with van der Waals surface area (Å²) in [5.41, 5.74) is 1.92. The monoisotopic (exact) mass is 292 g/mol. The van der Waals surface area contributed by atoms with Crippen LogP contribution in [0.4, 0.5) is 5.82 Å². The first-order valence-corrected chi connectivity index (χ1v) is 7.07. The number of para-hydroxylation sites is 1. The van der Waals surface area contributed by atoms with Gasteiger partial charge in [0.1, 0.15) is 12.1 Å². The molecule has 5 heteroatoms. The number of fused-ring (bicyclic) bond motifs is 1. The lowest BCUT2D eigenvalue weighted by molar-refractivity contribution is -0.119. The highest BCUT2D eigenvalue weighted by atomic mass is 16.1. The van der Waals surface area contributed by atoms with E-state index in [2.05, 4.69) is 20.6 Å². The number of amides is 1. The number of carbonyl (C=O) groups is 1. The van der Waals surface area contributed by atoms with Gasteiger partial charge in [-0.1, -0.05) is 42.5 Å². The van der Waals surface area contributed by atoms with Gasteiger partial charge in [-0.25, -0.2) is 9.97 Å². The summed E-state index contributed by atoms with van der Waals surface area (Å²) >= 11 is 0. The number of carbonyl (C=O) groups excluding carboxylic acids is 1. The molecule has 5 nitrogen and oxygen atoms in total. The Labute approximate surface area is 128 Å². The molecule has 0 saturated carbocycles. The lowest BCUT2D eigenvalue weighted by Gasteiger charge is -2.09. The van der Waals surface area contributed by atoms with Gasteiger partial charge in [0.2, 0.25) is 5.91 Å². The van der Waals surface area contributed by atoms with E-state index < -0.39 is 0 Å². The van der Waals surface area contributed by atoms with Gasteiger partial charge >= 0.3 is 0 Å². The molecule has 0 atom stereocenters. The number of hydrogen-bond acceptors (Lipinski definition) is 4. The van der Waals surface area contributed by atoms with Gasteiger partial charge in [-0.2, -0.15) is 0 Å². The molecular formula is C17H16N4O. The number of rotatable bonds is 5. The van der Waals surface area contributed by atoms with Gasteiger partial charge in [-0.05, 0) is 17.7 Å². The lowest BCUT2D eigenvalue weighted by atomic mass is 10.2. The molecule has 1 aromatic heterocycles. The van der Waals surface area contributed by atoms with E-state index in [1.54, 1.807) is 0 Å². The van der Waals surface area contributed by atoms with Crippen LogP contribution < -0.4 is 10.6 Å². The van der Waals surface area contributed by atoms with Crippen LogP contribution in [-0.2, 0) is 11.3 Å². The van der Waals surface area contributed by atoms with Crippen molar-refractivity contribution in [2.45, 2.75) is 6.54 Å². The van der Waals surface area contributed by atoms with Crippen LogP contribution in [0.3, 0.4) is 0 Å². The van der Waals surface area contributed by atoms with Crippen LogP contribution in [0.1, 0.15) is 5.56 Å². The zero-order valence-electron chi connectivity index (χ0n) is 12.0. The predicted molar refractivity (Wildman–Crippen MR) is 86.3 cm³/mol. The highest BCUT2D eigenvalue weighted by Crippen LogP contribution is 2.17. The minimum atomic E-state index is -0.0773. The average molecular weight is 292 g/mol. The van der Waals surface area contributed by atoms with Crippen molar-refractivity contribution < 1.29 is 4.79 Å². The first-order valence-electron chi connectivity index (χ1n) is 7.07. The fraction of sp³-hybridized carbons (Fsp3) is 0.118. The number of aromatic nitrogens is 2. The van der Waals surface area contributed by atoms with Crippen LogP contribution >= 0.6 is 0 Å². The summed E-state index contributed by atoms with van der Waals surface area (Å²) in [5.74, 6) is 0.590. The molecule has 0 spiro atoms. The second-order valence-electron chi connectivity index (χ2n) is 4.86. The molecule has 110 valence electrons. The predicted octanol–water partition coefficient (Wildman–Crippen LogP) is 2.36. The van der Waals surface area contributed by atoms with Gasteiger partial charge in [0.25, 0.3) is 0 Å². The minimum Gasteiger partial charge on any atom is -0.360 e. The normalized spacial score (nSPS) is 10.4. The second-order valence-corrected chi connectivity index (χ2v) is 4.86. The van der Waals surface area contributed by atoms with Gasteiger partial charge in [0, 0.05) is 11.9 Å². The fourth-order valence-electron chi connectivity index (χ4n) is 2.17. The quantitative estimate of drug-likeness (QED) is 0.757. The van der Waals surface area contributed by atoms with E-state index in [4.69, 9.17) is 0 Å². The van der Waals surface area contributed by atoms with Crippen LogP contribution in [0.25, 0.3) is 10.9 Å². The van der Waals surface area contributed by atoms with Gasteiger partial charge in [-0.3, -0.25) is 4.79 Å². The molecule has 0 bridgehead atoms. The average Bonchev–Trinajstić information content (AvgIpc) is 2.59. The maximum absolute atomic E-state index is 11.9. The Morgan fingerprint density at radius 3 is 2.59 bits per heavy atom. The van der Waals surface area contributed by atoms with Crippen LogP contribution in [0.2, 0.25) is 0 Å². The number of hydrogen-bond donors (Lipinski definition) is 2. The van der Waals surface area contributed by atoms with Crippen molar-refractivity contribution in [2.75, 3.05) is 11.9 Å². The molecule has 0 unspecified atom stereocenters. The van der Waals surface area contributed by atoms with Crippen molar-refractivity contribution in [3.05, 3.63) is 66.5 Å². The summed E-state index contributed by atoms with van der Waals surface area (Å²) in [7, 11) is 0. The Morgan fingerprint density at radius 2 is 1.73 bits per heavy atom. The van der Waals surface area contributed by atoms with E-state index in [-0.39, 0.29) is 12.5 Å². The molecule has 0 radical (unpaired) electrons. The van der Waals surface area contributed by atoms with Gasteiger partial charge in [0.05, 0.1) is 12.1 Å². The third-order valence-corrected chi connectivity index (χ3v) is 3.29. The zero-order chi connectivity index (χ0) is 15.2. The van der Waals surface area contributed by atoms with Crippen molar-refractivity contribution in [1.82, 2.24) is 15.3 Å². The number of anilines is 1. The van der Waals surface area contributed by atoms with Crippen LogP contribution in [0, 0.1) is 0 Å². The molecule has 2 N–H and O–H groups in total. The SMILES string of the molecule is O=C(CNc1ncnc2ccccc12)NCc1ccccc1. The Balaban J connectivity index is 1.58. The molecule has 0 aliphatic rings. The van der Waals surface area contributed by atoms with Crippen molar-refractivity contribution in [3.63, 3.8) is 0 Å². The Kier molecular flexibility index (Phi) is 4.25. The largest absolute Gasteiger partial charge is 0.360 e. The molecule has 3 rings (SSSR count). The Morgan fingerprint density at radius 1 is 0.955 bits per heavy atom. The van der Waals surface area contributed by atoms with E-state index in [0.29, 0.717) is 12.4 Å². The Hall–Kier alpha value is -2.95. The molecular weight excluding hydrogens is 276 g/mol. The number of nitrogens with one attached hydrogen (secondary N) is 2. The third kappa shape index (κ3) is 3.38. The highest BCUT2D eigenvalue weighted by molar-refractivity contribution is 5.90. The van der Waals surface area contributed by atoms with E-state index in [1.807, 2.05) is 54.6 Å². The smallest absolute Gasteiger partial charge is 0.239 e. The topological polar surface area (TPSA) is 66.9 Å². The van der Waals surface area contributed by atoms with Crippen LogP contribution in [-0.4, -0.2) is 22.4 Å². The molecule has 0 aliphatic heterocycles. The molecule has 3 aromatic rings. The third-order valence-electron chi connectivity index (χ3n) is 3.29. The van der Waals surface area contributed by atoms with E-state index >= 15 is 0 Å². The fourth-order valence-corrected chi connectivity index (χ4v) is 2.17. The zero-order valence-corrected chi connectivity index (χ0v) is 12.0. The molecule has 0 saturated heterocycles. The molecule has 0 aliphatic carbocycles. The molecule has 1 amide bonds. The Bertz CT molecular complexity index is 768. The molecule has 1 heterocycles. The first-order chi connectivity index (χ1) is 10.8. The van der Waals surface area contributed by atoms with Crippen molar-refractivity contribution in [1.29, 1.82) is 0 Å². The molecule has 2 aromatic carbocycles. The first kappa shape index (κ1) is 14.0. The standard InChI is InChI=1S/C17H16N4O/c22-16(18-10-13-6-2-1-3-7-13)11-19-17-14-8-4-5-9-15(14)20-12-21-17/h1-9,12H,10-11H2,(H,18,22)(H,19,20,21). The number of benzene rings is 2. The highest BCUT2D eigenvalue weighted by Gasteiger charge is 2.05. The van der Waals surface area contributed by atoms with Gasteiger partial charge < -0.3 is 10.6 Å². The number of nitrogens with zero attached hydrogens (tertiary/aromatic N) is 2. The molecule has 0 fully saturated rings. The van der Waals surface area contributed by atoms with E-state index in [1.165, 1.54) is 6.33 Å². The summed E-state index contributed by atoms with van der Waals surface area (Å²) in [5, 5.41) is 6.84. The van der Waals surface area contributed by atoms with E-state index in [9.17, 15) is 4.79 Å². The summed E-state index contributed by atoms with van der Waals surface area (Å²) in [4.78, 5) is 20.3.